The van der Waals surface area contributed by atoms with Crippen LogP contribution in [0.3, 0.4) is 0 Å². The van der Waals surface area contributed by atoms with E-state index in [2.05, 4.69) is 21.7 Å². The molecule has 2 bridgehead atoms. The van der Waals surface area contributed by atoms with Gasteiger partial charge in [0.05, 0.1) is 11.6 Å². The van der Waals surface area contributed by atoms with Gasteiger partial charge in [-0.05, 0) is 55.7 Å². The molecule has 6 heteroatoms. The second-order valence-corrected chi connectivity index (χ2v) is 7.58. The first-order chi connectivity index (χ1) is 12.2. The van der Waals surface area contributed by atoms with E-state index in [4.69, 9.17) is 5.26 Å². The molecular formula is C19H18N4OS. The predicted octanol–water partition coefficient (Wildman–Crippen LogP) is 2.73. The summed E-state index contributed by atoms with van der Waals surface area (Å²) in [6, 6.07) is 14.3. The van der Waals surface area contributed by atoms with Crippen LogP contribution in [0, 0.1) is 11.3 Å². The number of hydrogen-bond acceptors (Lipinski definition) is 5. The van der Waals surface area contributed by atoms with Gasteiger partial charge in [0.1, 0.15) is 5.03 Å². The number of benzene rings is 1. The molecule has 5 nitrogen and oxygen atoms in total. The number of amides is 1. The molecule has 2 aliphatic heterocycles. The molecule has 25 heavy (non-hydrogen) atoms. The van der Waals surface area contributed by atoms with E-state index in [0.717, 1.165) is 22.8 Å². The lowest BCUT2D eigenvalue weighted by molar-refractivity contribution is 0.0931. The number of fused-ring (bicyclic) bond motifs is 2. The van der Waals surface area contributed by atoms with Gasteiger partial charge >= 0.3 is 0 Å². The number of nitrogens with one attached hydrogen (secondary N) is 2. The predicted molar refractivity (Wildman–Crippen MR) is 95.3 cm³/mol. The molecule has 3 heterocycles. The van der Waals surface area contributed by atoms with Crippen molar-refractivity contribution in [3.8, 4) is 6.07 Å². The Morgan fingerprint density at radius 1 is 1.28 bits per heavy atom. The van der Waals surface area contributed by atoms with Crippen molar-refractivity contribution in [3.63, 3.8) is 0 Å². The number of carbonyl (C=O) groups excluding carboxylic acids is 1. The lowest BCUT2D eigenvalue weighted by Gasteiger charge is -2.21. The minimum atomic E-state index is -0.0134. The summed E-state index contributed by atoms with van der Waals surface area (Å²) >= 11 is 1.48. The Bertz CT molecular complexity index is 830. The second-order valence-electron chi connectivity index (χ2n) is 6.48. The maximum atomic E-state index is 12.4. The lowest BCUT2D eigenvalue weighted by Crippen LogP contribution is -2.42. The Kier molecular flexibility index (Phi) is 4.43. The maximum Gasteiger partial charge on any atom is 0.251 e. The van der Waals surface area contributed by atoms with Gasteiger partial charge in [-0.15, -0.1) is 0 Å². The SMILES string of the molecule is N#Cc1ccnc(Sc2ccc(C(=O)NC3CC4CCC3N4)cc2)c1. The summed E-state index contributed by atoms with van der Waals surface area (Å²) in [6.45, 7) is 0. The first kappa shape index (κ1) is 16.1. The average molecular weight is 350 g/mol. The maximum absolute atomic E-state index is 12.4. The number of pyridine rings is 1. The highest BCUT2D eigenvalue weighted by molar-refractivity contribution is 7.99. The summed E-state index contributed by atoms with van der Waals surface area (Å²) < 4.78 is 0. The van der Waals surface area contributed by atoms with Gasteiger partial charge in [0.25, 0.3) is 5.91 Å². The van der Waals surface area contributed by atoms with Crippen LogP contribution in [0.15, 0.2) is 52.5 Å². The molecule has 0 spiro atoms. The van der Waals surface area contributed by atoms with E-state index < -0.39 is 0 Å². The molecule has 0 saturated carbocycles. The van der Waals surface area contributed by atoms with E-state index in [1.165, 1.54) is 18.2 Å². The first-order valence-corrected chi connectivity index (χ1v) is 9.24. The van der Waals surface area contributed by atoms with Gasteiger partial charge in [0.15, 0.2) is 0 Å². The van der Waals surface area contributed by atoms with E-state index in [-0.39, 0.29) is 11.9 Å². The summed E-state index contributed by atoms with van der Waals surface area (Å²) in [7, 11) is 0. The molecule has 2 aromatic rings. The first-order valence-electron chi connectivity index (χ1n) is 8.42. The van der Waals surface area contributed by atoms with Crippen molar-refractivity contribution < 1.29 is 4.79 Å². The number of carbonyl (C=O) groups is 1. The highest BCUT2D eigenvalue weighted by atomic mass is 32.2. The highest BCUT2D eigenvalue weighted by Gasteiger charge is 2.39. The smallest absolute Gasteiger partial charge is 0.251 e. The normalized spacial score (nSPS) is 24.0. The van der Waals surface area contributed by atoms with Gasteiger partial charge in [-0.2, -0.15) is 5.26 Å². The molecule has 126 valence electrons. The Labute approximate surface area is 150 Å². The summed E-state index contributed by atoms with van der Waals surface area (Å²) in [5.41, 5.74) is 1.26. The van der Waals surface area contributed by atoms with Gasteiger partial charge in [0.2, 0.25) is 0 Å². The van der Waals surface area contributed by atoms with Crippen molar-refractivity contribution in [1.82, 2.24) is 15.6 Å². The van der Waals surface area contributed by atoms with Crippen molar-refractivity contribution in [2.75, 3.05) is 0 Å². The number of hydrogen-bond donors (Lipinski definition) is 2. The fourth-order valence-corrected chi connectivity index (χ4v) is 4.38. The van der Waals surface area contributed by atoms with Crippen LogP contribution in [0.4, 0.5) is 0 Å². The van der Waals surface area contributed by atoms with Gasteiger partial charge in [-0.25, -0.2) is 4.98 Å². The van der Waals surface area contributed by atoms with Crippen LogP contribution in [0.1, 0.15) is 35.2 Å². The molecule has 2 saturated heterocycles. The Morgan fingerprint density at radius 2 is 2.12 bits per heavy atom. The summed E-state index contributed by atoms with van der Waals surface area (Å²) in [5, 5.41) is 16.4. The topological polar surface area (TPSA) is 77.8 Å². The standard InChI is InChI=1S/C19H18N4OS/c20-11-12-7-8-21-18(9-12)25-15-4-1-13(2-5-15)19(24)23-17-10-14-3-6-16(17)22-14/h1-2,4-5,7-9,14,16-17,22H,3,6,10H2,(H,23,24). The van der Waals surface area contributed by atoms with Crippen molar-refractivity contribution in [2.24, 2.45) is 0 Å². The second kappa shape index (κ2) is 6.87. The molecule has 4 rings (SSSR count). The van der Waals surface area contributed by atoms with Crippen LogP contribution in [0.25, 0.3) is 0 Å². The molecule has 0 radical (unpaired) electrons. The van der Waals surface area contributed by atoms with Gasteiger partial charge in [-0.3, -0.25) is 4.79 Å². The van der Waals surface area contributed by atoms with Crippen LogP contribution in [-0.4, -0.2) is 29.0 Å². The molecule has 1 amide bonds. The van der Waals surface area contributed by atoms with Crippen molar-refractivity contribution in [3.05, 3.63) is 53.7 Å². The third-order valence-corrected chi connectivity index (χ3v) is 5.76. The zero-order valence-electron chi connectivity index (χ0n) is 13.6. The molecule has 3 atom stereocenters. The summed E-state index contributed by atoms with van der Waals surface area (Å²) in [4.78, 5) is 17.7. The zero-order chi connectivity index (χ0) is 17.2. The largest absolute Gasteiger partial charge is 0.348 e. The van der Waals surface area contributed by atoms with Gasteiger partial charge in [0, 0.05) is 34.8 Å². The third kappa shape index (κ3) is 3.53. The van der Waals surface area contributed by atoms with E-state index in [1.807, 2.05) is 24.3 Å². The highest BCUT2D eigenvalue weighted by Crippen LogP contribution is 2.29. The average Bonchev–Trinajstić information content (AvgIpc) is 3.25. The molecule has 2 N–H and O–H groups in total. The molecule has 2 fully saturated rings. The Balaban J connectivity index is 1.39. The Morgan fingerprint density at radius 3 is 2.80 bits per heavy atom. The van der Waals surface area contributed by atoms with Crippen LogP contribution >= 0.6 is 11.8 Å². The summed E-state index contributed by atoms with van der Waals surface area (Å²) in [6.07, 6.45) is 5.04. The van der Waals surface area contributed by atoms with Gasteiger partial charge in [-0.1, -0.05) is 11.8 Å². The van der Waals surface area contributed by atoms with E-state index >= 15 is 0 Å². The molecule has 3 unspecified atom stereocenters. The fraction of sp³-hybridized carbons (Fsp3) is 0.316. The van der Waals surface area contributed by atoms with Crippen LogP contribution in [-0.2, 0) is 0 Å². The van der Waals surface area contributed by atoms with Gasteiger partial charge < -0.3 is 10.6 Å². The fourth-order valence-electron chi connectivity index (χ4n) is 3.57. The third-order valence-electron chi connectivity index (χ3n) is 4.82. The van der Waals surface area contributed by atoms with Crippen LogP contribution in [0.2, 0.25) is 0 Å². The number of rotatable bonds is 4. The lowest BCUT2D eigenvalue weighted by atomic mass is 9.95. The monoisotopic (exact) mass is 350 g/mol. The van der Waals surface area contributed by atoms with Crippen molar-refractivity contribution >= 4 is 17.7 Å². The molecule has 1 aromatic heterocycles. The minimum absolute atomic E-state index is 0.0134. The Hall–Kier alpha value is -2.36. The van der Waals surface area contributed by atoms with E-state index in [0.29, 0.717) is 23.2 Å². The number of nitriles is 1. The van der Waals surface area contributed by atoms with Crippen LogP contribution in [0.5, 0.6) is 0 Å². The van der Waals surface area contributed by atoms with E-state index in [9.17, 15) is 4.79 Å². The number of aromatic nitrogens is 1. The van der Waals surface area contributed by atoms with E-state index in [1.54, 1.807) is 18.3 Å². The van der Waals surface area contributed by atoms with Crippen molar-refractivity contribution in [1.29, 1.82) is 5.26 Å². The quantitative estimate of drug-likeness (QED) is 0.886. The summed E-state index contributed by atoms with van der Waals surface area (Å²) in [5.74, 6) is -0.0134. The van der Waals surface area contributed by atoms with Crippen LogP contribution < -0.4 is 10.6 Å². The number of nitrogens with zero attached hydrogens (tertiary/aromatic N) is 2. The molecule has 0 aliphatic carbocycles. The molecular weight excluding hydrogens is 332 g/mol. The minimum Gasteiger partial charge on any atom is -0.348 e. The molecule has 2 aliphatic rings. The zero-order valence-corrected chi connectivity index (χ0v) is 14.4. The van der Waals surface area contributed by atoms with Crippen molar-refractivity contribution in [2.45, 2.75) is 47.3 Å². The molecule has 1 aromatic carbocycles.